The van der Waals surface area contributed by atoms with Gasteiger partial charge in [0.25, 0.3) is 16.0 Å². The minimum absolute atomic E-state index is 0.0358. The smallest absolute Gasteiger partial charge is 0.267 e. The number of hydrogen-bond acceptors (Lipinski definition) is 7. The van der Waals surface area contributed by atoms with Crippen molar-refractivity contribution >= 4 is 21.7 Å². The summed E-state index contributed by atoms with van der Waals surface area (Å²) in [7, 11) is -3.84. The lowest BCUT2D eigenvalue weighted by Crippen LogP contribution is -2.18. The Balaban J connectivity index is 2.36. The van der Waals surface area contributed by atoms with Crippen molar-refractivity contribution in [3.05, 3.63) is 29.8 Å². The second-order valence-corrected chi connectivity index (χ2v) is 5.96. The largest absolute Gasteiger partial charge is 0.384 e. The molecule has 0 fully saturated rings. The molecule has 0 aliphatic carbocycles. The van der Waals surface area contributed by atoms with Crippen LogP contribution in [-0.2, 0) is 10.0 Å². The van der Waals surface area contributed by atoms with E-state index in [-0.39, 0.29) is 10.8 Å². The molecule has 2 heterocycles. The maximum Gasteiger partial charge on any atom is 0.267 e. The van der Waals surface area contributed by atoms with E-state index in [1.165, 1.54) is 12.4 Å². The van der Waals surface area contributed by atoms with Gasteiger partial charge in [-0.1, -0.05) is 0 Å². The molecule has 0 amide bonds. The van der Waals surface area contributed by atoms with Crippen molar-refractivity contribution < 1.29 is 8.42 Å². The molecule has 2 aromatic heterocycles. The SMILES string of the molecule is CCNc1ccncc1S(=O)(=O)Nc1nnc(C)c(C)n1. The molecule has 9 heteroatoms. The summed E-state index contributed by atoms with van der Waals surface area (Å²) in [4.78, 5) is 7.94. The van der Waals surface area contributed by atoms with Gasteiger partial charge in [0.15, 0.2) is 0 Å². The summed E-state index contributed by atoms with van der Waals surface area (Å²) >= 11 is 0. The van der Waals surface area contributed by atoms with Crippen LogP contribution in [0, 0.1) is 13.8 Å². The zero-order valence-corrected chi connectivity index (χ0v) is 12.8. The molecule has 0 spiro atoms. The van der Waals surface area contributed by atoms with Gasteiger partial charge in [-0.3, -0.25) is 4.98 Å². The van der Waals surface area contributed by atoms with Crippen LogP contribution in [0.5, 0.6) is 0 Å². The summed E-state index contributed by atoms with van der Waals surface area (Å²) in [5.74, 6) is -0.0654. The molecule has 2 rings (SSSR count). The van der Waals surface area contributed by atoms with Crippen LogP contribution in [0.3, 0.4) is 0 Å². The molecule has 8 nitrogen and oxygen atoms in total. The van der Waals surface area contributed by atoms with Gasteiger partial charge in [0.1, 0.15) is 4.90 Å². The third-order valence-electron chi connectivity index (χ3n) is 2.76. The van der Waals surface area contributed by atoms with Gasteiger partial charge in [0, 0.05) is 18.9 Å². The fourth-order valence-electron chi connectivity index (χ4n) is 1.61. The lowest BCUT2D eigenvalue weighted by atomic mass is 10.4. The molecule has 0 aliphatic rings. The van der Waals surface area contributed by atoms with Crippen LogP contribution in [0.15, 0.2) is 23.4 Å². The summed E-state index contributed by atoms with van der Waals surface area (Å²) in [6, 6.07) is 1.59. The molecule has 0 unspecified atom stereocenters. The zero-order valence-electron chi connectivity index (χ0n) is 12.0. The van der Waals surface area contributed by atoms with Crippen molar-refractivity contribution in [1.82, 2.24) is 20.2 Å². The molecule has 0 bridgehead atoms. The number of sulfonamides is 1. The molecule has 0 saturated heterocycles. The predicted molar refractivity (Wildman–Crippen MR) is 78.5 cm³/mol. The average Bonchev–Trinajstić information content (AvgIpc) is 2.43. The molecule has 21 heavy (non-hydrogen) atoms. The molecule has 0 atom stereocenters. The van der Waals surface area contributed by atoms with Crippen molar-refractivity contribution in [2.24, 2.45) is 0 Å². The number of aryl methyl sites for hydroxylation is 2. The lowest BCUT2D eigenvalue weighted by molar-refractivity contribution is 0.600. The highest BCUT2D eigenvalue weighted by Crippen LogP contribution is 2.21. The normalized spacial score (nSPS) is 11.2. The maximum absolute atomic E-state index is 12.4. The Morgan fingerprint density at radius 2 is 1.95 bits per heavy atom. The molecule has 112 valence electrons. The molecule has 0 radical (unpaired) electrons. The van der Waals surface area contributed by atoms with E-state index in [9.17, 15) is 8.42 Å². The van der Waals surface area contributed by atoms with Gasteiger partial charge in [0.05, 0.1) is 17.1 Å². The van der Waals surface area contributed by atoms with Crippen molar-refractivity contribution in [2.45, 2.75) is 25.7 Å². The molecular weight excluding hydrogens is 292 g/mol. The van der Waals surface area contributed by atoms with Gasteiger partial charge in [0.2, 0.25) is 0 Å². The second kappa shape index (κ2) is 6.00. The molecular formula is C12H16N6O2S. The van der Waals surface area contributed by atoms with E-state index in [1.807, 2.05) is 6.92 Å². The number of aromatic nitrogens is 4. The van der Waals surface area contributed by atoms with Crippen molar-refractivity contribution in [2.75, 3.05) is 16.6 Å². The average molecular weight is 308 g/mol. The standard InChI is InChI=1S/C12H16N6O2S/c1-4-14-10-5-6-13-7-11(10)21(19,20)18-12-15-8(2)9(3)16-17-12/h5-7H,4H2,1-3H3,(H,13,14)(H,15,17,18). The molecule has 0 aliphatic heterocycles. The van der Waals surface area contributed by atoms with Crippen LogP contribution in [0.1, 0.15) is 18.3 Å². The number of hydrogen-bond donors (Lipinski definition) is 2. The third-order valence-corrected chi connectivity index (χ3v) is 4.11. The predicted octanol–water partition coefficient (Wildman–Crippen LogP) is 1.12. The van der Waals surface area contributed by atoms with Gasteiger partial charge < -0.3 is 5.32 Å². The summed E-state index contributed by atoms with van der Waals surface area (Å²) in [5.41, 5.74) is 1.73. The van der Waals surface area contributed by atoms with Gasteiger partial charge >= 0.3 is 0 Å². The van der Waals surface area contributed by atoms with Crippen LogP contribution < -0.4 is 10.0 Å². The van der Waals surface area contributed by atoms with E-state index in [0.717, 1.165) is 0 Å². The Bertz CT molecular complexity index is 747. The Kier molecular flexibility index (Phi) is 4.32. The minimum Gasteiger partial charge on any atom is -0.384 e. The topological polar surface area (TPSA) is 110 Å². The fourth-order valence-corrected chi connectivity index (χ4v) is 2.67. The quantitative estimate of drug-likeness (QED) is 0.851. The fraction of sp³-hybridized carbons (Fsp3) is 0.333. The summed E-state index contributed by atoms with van der Waals surface area (Å²) in [6.07, 6.45) is 2.79. The second-order valence-electron chi connectivity index (χ2n) is 4.31. The van der Waals surface area contributed by atoms with Crippen molar-refractivity contribution in [3.8, 4) is 0 Å². The highest BCUT2D eigenvalue weighted by atomic mass is 32.2. The van der Waals surface area contributed by atoms with Crippen LogP contribution in [0.4, 0.5) is 11.6 Å². The summed E-state index contributed by atoms with van der Waals surface area (Å²) < 4.78 is 27.1. The third kappa shape index (κ3) is 3.43. The Hall–Kier alpha value is -2.29. The summed E-state index contributed by atoms with van der Waals surface area (Å²) in [5, 5.41) is 10.6. The number of anilines is 2. The van der Waals surface area contributed by atoms with Gasteiger partial charge in [-0.25, -0.2) is 18.1 Å². The zero-order chi connectivity index (χ0) is 15.5. The van der Waals surface area contributed by atoms with Crippen LogP contribution >= 0.6 is 0 Å². The van der Waals surface area contributed by atoms with E-state index in [2.05, 4.69) is 30.2 Å². The number of nitrogens with one attached hydrogen (secondary N) is 2. The highest BCUT2D eigenvalue weighted by Gasteiger charge is 2.20. The van der Waals surface area contributed by atoms with Gasteiger partial charge in [-0.15, -0.1) is 5.10 Å². The Labute approximate surface area is 123 Å². The first-order valence-corrected chi connectivity index (χ1v) is 7.81. The minimum atomic E-state index is -3.84. The monoisotopic (exact) mass is 308 g/mol. The van der Waals surface area contributed by atoms with E-state index >= 15 is 0 Å². The maximum atomic E-state index is 12.4. The van der Waals surface area contributed by atoms with E-state index < -0.39 is 10.0 Å². The molecule has 2 aromatic rings. The molecule has 0 saturated carbocycles. The van der Waals surface area contributed by atoms with Crippen LogP contribution in [0.25, 0.3) is 0 Å². The molecule has 2 N–H and O–H groups in total. The van der Waals surface area contributed by atoms with Gasteiger partial charge in [-0.2, -0.15) is 5.10 Å². The first-order valence-electron chi connectivity index (χ1n) is 6.32. The number of nitrogens with zero attached hydrogens (tertiary/aromatic N) is 4. The first kappa shape index (κ1) is 15.1. The first-order chi connectivity index (χ1) is 9.94. The highest BCUT2D eigenvalue weighted by molar-refractivity contribution is 7.92. The van der Waals surface area contributed by atoms with E-state index in [4.69, 9.17) is 0 Å². The van der Waals surface area contributed by atoms with Crippen LogP contribution in [0.2, 0.25) is 0 Å². The van der Waals surface area contributed by atoms with E-state index in [0.29, 0.717) is 23.6 Å². The van der Waals surface area contributed by atoms with Crippen molar-refractivity contribution in [3.63, 3.8) is 0 Å². The van der Waals surface area contributed by atoms with Crippen molar-refractivity contribution in [1.29, 1.82) is 0 Å². The Morgan fingerprint density at radius 3 is 2.62 bits per heavy atom. The van der Waals surface area contributed by atoms with E-state index in [1.54, 1.807) is 19.9 Å². The van der Waals surface area contributed by atoms with Gasteiger partial charge in [-0.05, 0) is 26.8 Å². The lowest BCUT2D eigenvalue weighted by Gasteiger charge is -2.11. The Morgan fingerprint density at radius 1 is 1.19 bits per heavy atom. The number of rotatable bonds is 5. The number of pyridine rings is 1. The van der Waals surface area contributed by atoms with Crippen LogP contribution in [-0.4, -0.2) is 35.1 Å². The summed E-state index contributed by atoms with van der Waals surface area (Å²) in [6.45, 7) is 5.95. The molecule has 0 aromatic carbocycles.